The number of hydrazine groups is 1. The third kappa shape index (κ3) is 2.38. The van der Waals surface area contributed by atoms with Crippen LogP contribution in [0.3, 0.4) is 0 Å². The number of rotatable bonds is 2. The van der Waals surface area contributed by atoms with E-state index < -0.39 is 11.8 Å². The Morgan fingerprint density at radius 1 is 1.00 bits per heavy atom. The number of carbonyl (C=O) groups is 2. The van der Waals surface area contributed by atoms with E-state index >= 15 is 0 Å². The topological polar surface area (TPSA) is 84.5 Å². The Bertz CT molecular complexity index is 802. The van der Waals surface area contributed by atoms with Crippen LogP contribution in [0.1, 0.15) is 26.7 Å². The second-order valence-electron chi connectivity index (χ2n) is 4.44. The van der Waals surface area contributed by atoms with Crippen molar-refractivity contribution in [1.29, 1.82) is 0 Å². The fourth-order valence-electron chi connectivity index (χ4n) is 2.03. The first-order valence-corrected chi connectivity index (χ1v) is 6.29. The normalized spacial score (nSPS) is 10.5. The van der Waals surface area contributed by atoms with E-state index in [0.717, 1.165) is 10.9 Å². The zero-order valence-electron chi connectivity index (χ0n) is 11.2. The van der Waals surface area contributed by atoms with Crippen molar-refractivity contribution in [2.75, 3.05) is 0 Å². The lowest BCUT2D eigenvalue weighted by atomic mass is 10.1. The van der Waals surface area contributed by atoms with E-state index in [1.54, 1.807) is 19.1 Å². The van der Waals surface area contributed by atoms with Crippen molar-refractivity contribution >= 4 is 22.8 Å². The van der Waals surface area contributed by atoms with Crippen LogP contribution in [0.25, 0.3) is 11.0 Å². The Morgan fingerprint density at radius 3 is 2.48 bits per heavy atom. The molecule has 0 aliphatic heterocycles. The van der Waals surface area contributed by atoms with Crippen molar-refractivity contribution in [3.63, 3.8) is 0 Å². The summed E-state index contributed by atoms with van der Waals surface area (Å²) in [5.41, 5.74) is 5.90. The van der Waals surface area contributed by atoms with Crippen LogP contribution < -0.4 is 10.9 Å². The van der Waals surface area contributed by atoms with E-state index in [-0.39, 0.29) is 11.5 Å². The molecule has 0 aliphatic rings. The molecule has 106 valence electrons. The van der Waals surface area contributed by atoms with E-state index in [4.69, 9.17) is 8.83 Å². The predicted octanol–water partition coefficient (Wildman–Crippen LogP) is 2.41. The molecule has 0 aliphatic carbocycles. The van der Waals surface area contributed by atoms with Crippen LogP contribution in [-0.4, -0.2) is 11.8 Å². The first-order valence-electron chi connectivity index (χ1n) is 6.29. The van der Waals surface area contributed by atoms with E-state index in [0.29, 0.717) is 5.58 Å². The van der Waals surface area contributed by atoms with Gasteiger partial charge in [-0.3, -0.25) is 20.4 Å². The number of amides is 2. The lowest BCUT2D eigenvalue weighted by molar-refractivity contribution is 0.0817. The van der Waals surface area contributed by atoms with Gasteiger partial charge in [0, 0.05) is 10.9 Å². The second-order valence-corrected chi connectivity index (χ2v) is 4.44. The summed E-state index contributed by atoms with van der Waals surface area (Å²) in [6, 6.07) is 10.4. The molecule has 0 spiro atoms. The van der Waals surface area contributed by atoms with Crippen molar-refractivity contribution < 1.29 is 18.4 Å². The van der Waals surface area contributed by atoms with Gasteiger partial charge in [-0.1, -0.05) is 18.2 Å². The van der Waals surface area contributed by atoms with E-state index in [1.165, 1.54) is 12.3 Å². The minimum Gasteiger partial charge on any atom is -0.459 e. The SMILES string of the molecule is Cc1c(C(=O)NNC(=O)c2ccco2)oc2ccccc12. The second kappa shape index (κ2) is 5.16. The number of aryl methyl sites for hydroxylation is 1. The zero-order chi connectivity index (χ0) is 14.8. The molecule has 2 heterocycles. The van der Waals surface area contributed by atoms with Crippen LogP contribution >= 0.6 is 0 Å². The number of nitrogens with one attached hydrogen (secondary N) is 2. The van der Waals surface area contributed by atoms with Gasteiger partial charge >= 0.3 is 11.8 Å². The molecular weight excluding hydrogens is 272 g/mol. The van der Waals surface area contributed by atoms with Gasteiger partial charge in [-0.25, -0.2) is 0 Å². The van der Waals surface area contributed by atoms with Gasteiger partial charge < -0.3 is 8.83 Å². The summed E-state index contributed by atoms with van der Waals surface area (Å²) in [4.78, 5) is 23.7. The summed E-state index contributed by atoms with van der Waals surface area (Å²) in [6.45, 7) is 1.79. The molecular formula is C15H12N2O4. The van der Waals surface area contributed by atoms with Crippen LogP contribution in [0.2, 0.25) is 0 Å². The number of fused-ring (bicyclic) bond motifs is 1. The first kappa shape index (κ1) is 13.0. The lowest BCUT2D eigenvalue weighted by Gasteiger charge is -2.04. The average molecular weight is 284 g/mol. The molecule has 0 unspecified atom stereocenters. The quantitative estimate of drug-likeness (QED) is 0.708. The van der Waals surface area contributed by atoms with Crippen molar-refractivity contribution in [3.05, 3.63) is 59.7 Å². The van der Waals surface area contributed by atoms with Gasteiger partial charge in [-0.15, -0.1) is 0 Å². The van der Waals surface area contributed by atoms with Gasteiger partial charge in [-0.2, -0.15) is 0 Å². The predicted molar refractivity (Wildman–Crippen MR) is 74.6 cm³/mol. The van der Waals surface area contributed by atoms with Gasteiger partial charge in [0.05, 0.1) is 6.26 Å². The standard InChI is InChI=1S/C15H12N2O4/c1-9-10-5-2-3-6-11(10)21-13(9)15(19)17-16-14(18)12-7-4-8-20-12/h2-8H,1H3,(H,16,18)(H,17,19). The van der Waals surface area contributed by atoms with Crippen LogP contribution in [0, 0.1) is 6.92 Å². The van der Waals surface area contributed by atoms with Crippen LogP contribution in [-0.2, 0) is 0 Å². The number of furan rings is 2. The molecule has 2 aromatic heterocycles. The van der Waals surface area contributed by atoms with E-state index in [1.807, 2.05) is 18.2 Å². The Morgan fingerprint density at radius 2 is 1.76 bits per heavy atom. The third-order valence-corrected chi connectivity index (χ3v) is 3.08. The van der Waals surface area contributed by atoms with E-state index in [9.17, 15) is 9.59 Å². The number of para-hydroxylation sites is 1. The van der Waals surface area contributed by atoms with Crippen LogP contribution in [0.15, 0.2) is 51.5 Å². The molecule has 6 heteroatoms. The Balaban J connectivity index is 1.75. The maximum Gasteiger partial charge on any atom is 0.305 e. The number of benzene rings is 1. The highest BCUT2D eigenvalue weighted by molar-refractivity contribution is 6.00. The lowest BCUT2D eigenvalue weighted by Crippen LogP contribution is -2.41. The molecule has 0 saturated carbocycles. The molecule has 0 bridgehead atoms. The van der Waals surface area contributed by atoms with Gasteiger partial charge in [-0.05, 0) is 25.1 Å². The summed E-state index contributed by atoms with van der Waals surface area (Å²) < 4.78 is 10.4. The molecule has 0 saturated heterocycles. The summed E-state index contributed by atoms with van der Waals surface area (Å²) in [5.74, 6) is -0.793. The van der Waals surface area contributed by atoms with Crippen molar-refractivity contribution in [1.82, 2.24) is 10.9 Å². The summed E-state index contributed by atoms with van der Waals surface area (Å²) >= 11 is 0. The van der Waals surface area contributed by atoms with E-state index in [2.05, 4.69) is 10.9 Å². The number of hydrogen-bond donors (Lipinski definition) is 2. The minimum atomic E-state index is -0.540. The van der Waals surface area contributed by atoms with Gasteiger partial charge in [0.25, 0.3) is 0 Å². The van der Waals surface area contributed by atoms with Crippen molar-refractivity contribution in [2.45, 2.75) is 6.92 Å². The highest BCUT2D eigenvalue weighted by Gasteiger charge is 2.18. The largest absolute Gasteiger partial charge is 0.459 e. The summed E-state index contributed by atoms with van der Waals surface area (Å²) in [6.07, 6.45) is 1.38. The molecule has 0 fully saturated rings. The first-order chi connectivity index (χ1) is 10.2. The molecule has 2 N–H and O–H groups in total. The molecule has 0 atom stereocenters. The van der Waals surface area contributed by atoms with Crippen LogP contribution in [0.4, 0.5) is 0 Å². The number of hydrogen-bond acceptors (Lipinski definition) is 4. The maximum atomic E-state index is 12.1. The zero-order valence-corrected chi connectivity index (χ0v) is 11.2. The molecule has 6 nitrogen and oxygen atoms in total. The van der Waals surface area contributed by atoms with Crippen molar-refractivity contribution in [2.24, 2.45) is 0 Å². The Kier molecular flexibility index (Phi) is 3.19. The molecule has 1 aromatic carbocycles. The average Bonchev–Trinajstić information content (AvgIpc) is 3.13. The van der Waals surface area contributed by atoms with Gasteiger partial charge in [0.2, 0.25) is 0 Å². The Labute approximate surface area is 119 Å². The van der Waals surface area contributed by atoms with Gasteiger partial charge in [0.15, 0.2) is 11.5 Å². The highest BCUT2D eigenvalue weighted by Crippen LogP contribution is 2.24. The minimum absolute atomic E-state index is 0.108. The maximum absolute atomic E-state index is 12.1. The molecule has 2 amide bonds. The van der Waals surface area contributed by atoms with Gasteiger partial charge in [0.1, 0.15) is 5.58 Å². The molecule has 3 aromatic rings. The smallest absolute Gasteiger partial charge is 0.305 e. The summed E-state index contributed by atoms with van der Waals surface area (Å²) in [7, 11) is 0. The number of carbonyl (C=O) groups excluding carboxylic acids is 2. The molecule has 3 rings (SSSR count). The fourth-order valence-corrected chi connectivity index (χ4v) is 2.03. The Hall–Kier alpha value is -3.02. The summed E-state index contributed by atoms with van der Waals surface area (Å²) in [5, 5.41) is 0.861. The van der Waals surface area contributed by atoms with Crippen molar-refractivity contribution in [3.8, 4) is 0 Å². The third-order valence-electron chi connectivity index (χ3n) is 3.08. The highest BCUT2D eigenvalue weighted by atomic mass is 16.4. The fraction of sp³-hybridized carbons (Fsp3) is 0.0667. The monoisotopic (exact) mass is 284 g/mol. The van der Waals surface area contributed by atoms with Crippen LogP contribution in [0.5, 0.6) is 0 Å². The molecule has 0 radical (unpaired) electrons. The molecule has 21 heavy (non-hydrogen) atoms.